The molecular formula is C15H12O. The van der Waals surface area contributed by atoms with Gasteiger partial charge in [-0.1, -0.05) is 24.1 Å². The minimum absolute atomic E-state index is 0.799. The molecule has 0 saturated heterocycles. The maximum absolute atomic E-state index is 5.74. The summed E-state index contributed by atoms with van der Waals surface area (Å²) < 4.78 is 5.74. The average molecular weight is 208 g/mol. The molecule has 0 aliphatic rings. The van der Waals surface area contributed by atoms with Crippen LogP contribution >= 0.6 is 0 Å². The molecular weight excluding hydrogens is 196 g/mol. The fourth-order valence-electron chi connectivity index (χ4n) is 1.42. The number of terminal acetylenes is 1. The van der Waals surface area contributed by atoms with Crippen LogP contribution in [0.5, 0.6) is 11.5 Å². The molecule has 0 aromatic heterocycles. The number of hydrogen-bond acceptors (Lipinski definition) is 1. The minimum Gasteiger partial charge on any atom is -0.457 e. The summed E-state index contributed by atoms with van der Waals surface area (Å²) in [6.07, 6.45) is 5.29. The summed E-state index contributed by atoms with van der Waals surface area (Å²) in [6.45, 7) is 2.02. The van der Waals surface area contributed by atoms with E-state index in [0.717, 1.165) is 22.6 Å². The van der Waals surface area contributed by atoms with Crippen LogP contribution in [0.4, 0.5) is 0 Å². The van der Waals surface area contributed by atoms with E-state index in [0.29, 0.717) is 0 Å². The third kappa shape index (κ3) is 2.24. The van der Waals surface area contributed by atoms with Gasteiger partial charge in [0, 0.05) is 5.56 Å². The molecule has 0 amide bonds. The van der Waals surface area contributed by atoms with Crippen molar-refractivity contribution in [3.63, 3.8) is 0 Å². The summed E-state index contributed by atoms with van der Waals surface area (Å²) in [4.78, 5) is 0. The van der Waals surface area contributed by atoms with Crippen LogP contribution in [0.3, 0.4) is 0 Å². The van der Waals surface area contributed by atoms with Gasteiger partial charge in [-0.2, -0.15) is 0 Å². The van der Waals surface area contributed by atoms with Gasteiger partial charge in [0.15, 0.2) is 0 Å². The Kier molecular flexibility index (Phi) is 2.93. The second-order valence-corrected chi connectivity index (χ2v) is 3.54. The Morgan fingerprint density at radius 3 is 2.31 bits per heavy atom. The molecule has 16 heavy (non-hydrogen) atoms. The lowest BCUT2D eigenvalue weighted by atomic mass is 10.2. The van der Waals surface area contributed by atoms with Gasteiger partial charge in [-0.3, -0.25) is 0 Å². The first-order valence-electron chi connectivity index (χ1n) is 5.10. The van der Waals surface area contributed by atoms with Gasteiger partial charge in [-0.25, -0.2) is 0 Å². The van der Waals surface area contributed by atoms with Crippen molar-refractivity contribution in [2.24, 2.45) is 0 Å². The van der Waals surface area contributed by atoms with Crippen LogP contribution in [0.1, 0.15) is 11.1 Å². The predicted octanol–water partition coefficient (Wildman–Crippen LogP) is 3.77. The van der Waals surface area contributed by atoms with Crippen LogP contribution in [0.25, 0.3) is 0 Å². The lowest BCUT2D eigenvalue weighted by Gasteiger charge is -2.07. The zero-order chi connectivity index (χ0) is 11.4. The average Bonchev–Trinajstić information content (AvgIpc) is 2.33. The summed E-state index contributed by atoms with van der Waals surface area (Å²) in [5.41, 5.74) is 1.97. The molecule has 0 fully saturated rings. The summed E-state index contributed by atoms with van der Waals surface area (Å²) >= 11 is 0. The monoisotopic (exact) mass is 208 g/mol. The highest BCUT2D eigenvalue weighted by molar-refractivity contribution is 5.40. The van der Waals surface area contributed by atoms with Crippen molar-refractivity contribution in [2.75, 3.05) is 0 Å². The number of hydrogen-bond donors (Lipinski definition) is 0. The highest BCUT2D eigenvalue weighted by Gasteiger charge is 1.99. The van der Waals surface area contributed by atoms with Crippen molar-refractivity contribution in [1.82, 2.24) is 0 Å². The first-order chi connectivity index (χ1) is 7.79. The van der Waals surface area contributed by atoms with Gasteiger partial charge in [0.2, 0.25) is 0 Å². The standard InChI is InChI=1S/C15H12O/c1-3-13-8-10-14(11-9-13)16-15-7-5-4-6-12(15)2/h1,4-11H,2H3. The quantitative estimate of drug-likeness (QED) is 0.683. The number of para-hydroxylation sites is 1. The van der Waals surface area contributed by atoms with Crippen LogP contribution in [0.15, 0.2) is 48.5 Å². The molecule has 0 radical (unpaired) electrons. The molecule has 0 unspecified atom stereocenters. The van der Waals surface area contributed by atoms with E-state index in [1.165, 1.54) is 0 Å². The van der Waals surface area contributed by atoms with Gasteiger partial charge < -0.3 is 4.74 Å². The van der Waals surface area contributed by atoms with Crippen molar-refractivity contribution >= 4 is 0 Å². The van der Waals surface area contributed by atoms with E-state index in [4.69, 9.17) is 11.2 Å². The summed E-state index contributed by atoms with van der Waals surface area (Å²) in [5.74, 6) is 4.24. The van der Waals surface area contributed by atoms with Crippen LogP contribution in [-0.2, 0) is 0 Å². The summed E-state index contributed by atoms with van der Waals surface area (Å²) in [5, 5.41) is 0. The smallest absolute Gasteiger partial charge is 0.130 e. The normalized spacial score (nSPS) is 9.50. The highest BCUT2D eigenvalue weighted by Crippen LogP contribution is 2.24. The van der Waals surface area contributed by atoms with E-state index < -0.39 is 0 Å². The topological polar surface area (TPSA) is 9.23 Å². The van der Waals surface area contributed by atoms with E-state index in [2.05, 4.69) is 5.92 Å². The Morgan fingerprint density at radius 2 is 1.69 bits per heavy atom. The largest absolute Gasteiger partial charge is 0.457 e. The van der Waals surface area contributed by atoms with Crippen LogP contribution in [-0.4, -0.2) is 0 Å². The molecule has 0 spiro atoms. The molecule has 0 bridgehead atoms. The molecule has 0 heterocycles. The molecule has 2 aromatic carbocycles. The van der Waals surface area contributed by atoms with E-state index in [-0.39, 0.29) is 0 Å². The van der Waals surface area contributed by atoms with Gasteiger partial charge >= 0.3 is 0 Å². The van der Waals surface area contributed by atoms with Crippen LogP contribution in [0, 0.1) is 19.3 Å². The van der Waals surface area contributed by atoms with Crippen molar-refractivity contribution in [2.45, 2.75) is 6.92 Å². The molecule has 0 aliphatic heterocycles. The molecule has 1 nitrogen and oxygen atoms in total. The Morgan fingerprint density at radius 1 is 1.00 bits per heavy atom. The number of rotatable bonds is 2. The molecule has 0 atom stereocenters. The zero-order valence-corrected chi connectivity index (χ0v) is 9.10. The highest BCUT2D eigenvalue weighted by atomic mass is 16.5. The SMILES string of the molecule is C#Cc1ccc(Oc2ccccc2C)cc1. The molecule has 78 valence electrons. The lowest BCUT2D eigenvalue weighted by molar-refractivity contribution is 0.479. The van der Waals surface area contributed by atoms with Crippen molar-refractivity contribution < 1.29 is 4.74 Å². The van der Waals surface area contributed by atoms with Gasteiger partial charge in [-0.05, 0) is 42.8 Å². The van der Waals surface area contributed by atoms with E-state index in [1.807, 2.05) is 55.5 Å². The maximum atomic E-state index is 5.74. The molecule has 2 rings (SSSR count). The fourth-order valence-corrected chi connectivity index (χ4v) is 1.42. The van der Waals surface area contributed by atoms with Gasteiger partial charge in [0.05, 0.1) is 0 Å². The molecule has 0 N–H and O–H groups in total. The molecule has 1 heteroatoms. The Labute approximate surface area is 95.7 Å². The summed E-state index contributed by atoms with van der Waals surface area (Å²) in [6, 6.07) is 15.4. The number of ether oxygens (including phenoxy) is 1. The molecule has 2 aromatic rings. The first kappa shape index (κ1) is 10.3. The third-order valence-corrected chi connectivity index (χ3v) is 2.34. The van der Waals surface area contributed by atoms with Crippen molar-refractivity contribution in [3.8, 4) is 23.8 Å². The first-order valence-corrected chi connectivity index (χ1v) is 5.10. The number of aryl methyl sites for hydroxylation is 1. The van der Waals surface area contributed by atoms with Crippen molar-refractivity contribution in [3.05, 3.63) is 59.7 Å². The summed E-state index contributed by atoms with van der Waals surface area (Å²) in [7, 11) is 0. The predicted molar refractivity (Wildman–Crippen MR) is 65.6 cm³/mol. The third-order valence-electron chi connectivity index (χ3n) is 2.34. The molecule has 0 aliphatic carbocycles. The van der Waals surface area contributed by atoms with Crippen LogP contribution in [0.2, 0.25) is 0 Å². The van der Waals surface area contributed by atoms with Crippen LogP contribution < -0.4 is 4.74 Å². The van der Waals surface area contributed by atoms with Gasteiger partial charge in [0.25, 0.3) is 0 Å². The lowest BCUT2D eigenvalue weighted by Crippen LogP contribution is -1.86. The van der Waals surface area contributed by atoms with Gasteiger partial charge in [0.1, 0.15) is 11.5 Å². The minimum atomic E-state index is 0.799. The second-order valence-electron chi connectivity index (χ2n) is 3.54. The Balaban J connectivity index is 2.22. The van der Waals surface area contributed by atoms with E-state index >= 15 is 0 Å². The van der Waals surface area contributed by atoms with E-state index in [1.54, 1.807) is 0 Å². The zero-order valence-electron chi connectivity index (χ0n) is 9.10. The number of benzene rings is 2. The molecule has 0 saturated carbocycles. The van der Waals surface area contributed by atoms with E-state index in [9.17, 15) is 0 Å². The second kappa shape index (κ2) is 4.55. The fraction of sp³-hybridized carbons (Fsp3) is 0.0667. The van der Waals surface area contributed by atoms with Gasteiger partial charge in [-0.15, -0.1) is 6.42 Å². The Hall–Kier alpha value is -2.20. The Bertz CT molecular complexity index is 518. The maximum Gasteiger partial charge on any atom is 0.130 e. The van der Waals surface area contributed by atoms with Crippen molar-refractivity contribution in [1.29, 1.82) is 0 Å².